The van der Waals surface area contributed by atoms with E-state index in [4.69, 9.17) is 5.73 Å². The van der Waals surface area contributed by atoms with Crippen LogP contribution in [0.15, 0.2) is 40.3 Å². The average Bonchev–Trinajstić information content (AvgIpc) is 2.54. The van der Waals surface area contributed by atoms with E-state index >= 15 is 0 Å². The van der Waals surface area contributed by atoms with Gasteiger partial charge in [0.25, 0.3) is 0 Å². The number of aliphatic imine (C=N–C) groups is 2. The standard InChI is InChI=1S/C15H22N2.C7H17N/c1-12(2)15(13(3)4)17-11-16-10-14-8-6-5-7-9-14;1-5(2)7(8)6(3)4/h5-9,12-13,15H,10H2,1-4H3;5-7H,8H2,1-4H3. The summed E-state index contributed by atoms with van der Waals surface area (Å²) in [5.74, 6) is 2.31. The first-order valence-electron chi connectivity index (χ1n) is 9.57. The molecule has 0 radical (unpaired) electrons. The molecule has 1 rings (SSSR count). The van der Waals surface area contributed by atoms with E-state index in [1.807, 2.05) is 18.2 Å². The van der Waals surface area contributed by atoms with Crippen molar-refractivity contribution in [3.63, 3.8) is 0 Å². The molecule has 0 heterocycles. The summed E-state index contributed by atoms with van der Waals surface area (Å²) >= 11 is 0. The maximum absolute atomic E-state index is 5.76. The fourth-order valence-corrected chi connectivity index (χ4v) is 2.66. The Morgan fingerprint density at radius 3 is 1.64 bits per heavy atom. The van der Waals surface area contributed by atoms with Crippen molar-refractivity contribution in [3.05, 3.63) is 35.9 Å². The maximum atomic E-state index is 5.76. The van der Waals surface area contributed by atoms with Gasteiger partial charge in [-0.15, -0.1) is 0 Å². The molecule has 0 aliphatic heterocycles. The molecule has 0 aliphatic rings. The Hall–Kier alpha value is -1.44. The van der Waals surface area contributed by atoms with Crippen LogP contribution >= 0.6 is 0 Å². The smallest absolute Gasteiger partial charge is 0.0899 e. The highest BCUT2D eigenvalue weighted by molar-refractivity contribution is 5.42. The van der Waals surface area contributed by atoms with Gasteiger partial charge in [-0.05, 0) is 29.2 Å². The second kappa shape index (κ2) is 12.9. The van der Waals surface area contributed by atoms with Gasteiger partial charge >= 0.3 is 0 Å². The van der Waals surface area contributed by atoms with Crippen LogP contribution in [0.3, 0.4) is 0 Å². The minimum atomic E-state index is 0.314. The lowest BCUT2D eigenvalue weighted by Gasteiger charge is -2.18. The molecule has 1 aromatic carbocycles. The van der Waals surface area contributed by atoms with E-state index in [9.17, 15) is 0 Å². The fraction of sp³-hybridized carbons (Fsp3) is 0.682. The third kappa shape index (κ3) is 10.9. The Kier molecular flexibility index (Phi) is 12.1. The molecule has 0 bridgehead atoms. The Balaban J connectivity index is 0.000000609. The highest BCUT2D eigenvalue weighted by Gasteiger charge is 2.15. The molecule has 0 unspecified atom stereocenters. The predicted octanol–water partition coefficient (Wildman–Crippen LogP) is 5.67. The van der Waals surface area contributed by atoms with Crippen LogP contribution in [0.1, 0.15) is 61.0 Å². The molecular weight excluding hydrogens is 306 g/mol. The zero-order valence-electron chi connectivity index (χ0n) is 17.5. The Labute approximate surface area is 155 Å². The molecule has 3 heteroatoms. The summed E-state index contributed by atoms with van der Waals surface area (Å²) in [7, 11) is 0. The minimum absolute atomic E-state index is 0.314. The number of nitrogens with two attached hydrogens (primary N) is 1. The maximum Gasteiger partial charge on any atom is 0.0899 e. The van der Waals surface area contributed by atoms with E-state index in [1.54, 1.807) is 0 Å². The second-order valence-corrected chi connectivity index (χ2v) is 8.07. The highest BCUT2D eigenvalue weighted by Crippen LogP contribution is 2.15. The van der Waals surface area contributed by atoms with Crippen LogP contribution in [0.25, 0.3) is 0 Å². The van der Waals surface area contributed by atoms with Crippen LogP contribution in [-0.4, -0.2) is 18.1 Å². The van der Waals surface area contributed by atoms with Gasteiger partial charge in [-0.2, -0.15) is 0 Å². The van der Waals surface area contributed by atoms with Crippen LogP contribution in [0.2, 0.25) is 0 Å². The molecule has 25 heavy (non-hydrogen) atoms. The fourth-order valence-electron chi connectivity index (χ4n) is 2.66. The molecule has 0 aliphatic carbocycles. The van der Waals surface area contributed by atoms with Gasteiger partial charge in [-0.3, -0.25) is 0 Å². The molecule has 0 atom stereocenters. The van der Waals surface area contributed by atoms with Crippen LogP contribution < -0.4 is 5.73 Å². The Morgan fingerprint density at radius 2 is 1.28 bits per heavy atom. The second-order valence-electron chi connectivity index (χ2n) is 8.07. The molecule has 0 aromatic heterocycles. The largest absolute Gasteiger partial charge is 0.327 e. The lowest BCUT2D eigenvalue weighted by atomic mass is 9.94. The number of hydrogen-bond donors (Lipinski definition) is 1. The molecule has 1 aromatic rings. The lowest BCUT2D eigenvalue weighted by molar-refractivity contribution is 0.386. The summed E-state index contributed by atoms with van der Waals surface area (Å²) in [6.45, 7) is 18.0. The first-order chi connectivity index (χ1) is 11.7. The summed E-state index contributed by atoms with van der Waals surface area (Å²) in [6.07, 6.45) is 0. The monoisotopic (exact) mass is 345 g/mol. The highest BCUT2D eigenvalue weighted by atomic mass is 14.8. The van der Waals surface area contributed by atoms with Gasteiger partial charge in [0, 0.05) is 6.04 Å². The van der Waals surface area contributed by atoms with E-state index in [0.717, 1.165) is 0 Å². The van der Waals surface area contributed by atoms with Crippen molar-refractivity contribution >= 4 is 6.01 Å². The van der Waals surface area contributed by atoms with Crippen molar-refractivity contribution in [2.45, 2.75) is 74.0 Å². The van der Waals surface area contributed by atoms with Gasteiger partial charge < -0.3 is 5.73 Å². The number of benzene rings is 1. The Bertz CT molecular complexity index is 481. The van der Waals surface area contributed by atoms with Crippen molar-refractivity contribution < 1.29 is 0 Å². The van der Waals surface area contributed by atoms with Crippen LogP contribution in [0.5, 0.6) is 0 Å². The SMILES string of the molecule is CC(C)C(N)C(C)C.CC(C)C(N=C=NCc1ccccc1)C(C)C. The number of rotatable bonds is 7. The van der Waals surface area contributed by atoms with E-state index in [2.05, 4.69) is 83.5 Å². The van der Waals surface area contributed by atoms with E-state index in [-0.39, 0.29) is 0 Å². The summed E-state index contributed by atoms with van der Waals surface area (Å²) < 4.78 is 0. The molecule has 0 fully saturated rings. The number of nitrogens with zero attached hydrogens (tertiary/aromatic N) is 2. The van der Waals surface area contributed by atoms with E-state index < -0.39 is 0 Å². The minimum Gasteiger partial charge on any atom is -0.327 e. The quantitative estimate of drug-likeness (QED) is 0.636. The molecule has 2 N–H and O–H groups in total. The predicted molar refractivity (Wildman–Crippen MR) is 111 cm³/mol. The molecule has 0 spiro atoms. The third-order valence-corrected chi connectivity index (χ3v) is 4.29. The van der Waals surface area contributed by atoms with Gasteiger partial charge in [0.1, 0.15) is 0 Å². The molecular formula is C22H39N3. The zero-order chi connectivity index (χ0) is 19.4. The Morgan fingerprint density at radius 1 is 0.800 bits per heavy atom. The molecule has 0 amide bonds. The molecule has 3 nitrogen and oxygen atoms in total. The summed E-state index contributed by atoms with van der Waals surface area (Å²) in [6, 6.07) is 13.7. The van der Waals surface area contributed by atoms with Crippen molar-refractivity contribution in [3.8, 4) is 0 Å². The summed E-state index contributed by atoms with van der Waals surface area (Å²) in [5.41, 5.74) is 6.95. The first kappa shape index (κ1) is 23.6. The van der Waals surface area contributed by atoms with Crippen molar-refractivity contribution in [2.24, 2.45) is 39.4 Å². The van der Waals surface area contributed by atoms with Crippen molar-refractivity contribution in [1.29, 1.82) is 0 Å². The van der Waals surface area contributed by atoms with E-state index in [1.165, 1.54) is 5.56 Å². The molecule has 0 saturated heterocycles. The summed E-state index contributed by atoms with van der Waals surface area (Å²) in [4.78, 5) is 8.65. The van der Waals surface area contributed by atoms with Gasteiger partial charge in [0.2, 0.25) is 0 Å². The van der Waals surface area contributed by atoms with Crippen LogP contribution in [-0.2, 0) is 6.54 Å². The van der Waals surface area contributed by atoms with Crippen LogP contribution in [0, 0.1) is 23.7 Å². The van der Waals surface area contributed by atoms with Gasteiger partial charge in [-0.25, -0.2) is 9.98 Å². The van der Waals surface area contributed by atoms with Gasteiger partial charge in [0.15, 0.2) is 0 Å². The molecule has 0 saturated carbocycles. The zero-order valence-corrected chi connectivity index (χ0v) is 17.5. The van der Waals surface area contributed by atoms with E-state index in [0.29, 0.717) is 42.3 Å². The average molecular weight is 346 g/mol. The summed E-state index contributed by atoms with van der Waals surface area (Å²) in [5, 5.41) is 0. The van der Waals surface area contributed by atoms with Gasteiger partial charge in [0.05, 0.1) is 18.6 Å². The van der Waals surface area contributed by atoms with Gasteiger partial charge in [-0.1, -0.05) is 85.7 Å². The van der Waals surface area contributed by atoms with Crippen molar-refractivity contribution in [1.82, 2.24) is 0 Å². The third-order valence-electron chi connectivity index (χ3n) is 4.29. The normalized spacial score (nSPS) is 11.2. The van der Waals surface area contributed by atoms with Crippen LogP contribution in [0.4, 0.5) is 0 Å². The topological polar surface area (TPSA) is 50.7 Å². The first-order valence-corrected chi connectivity index (χ1v) is 9.57. The van der Waals surface area contributed by atoms with Crippen molar-refractivity contribution in [2.75, 3.05) is 0 Å². The number of hydrogen-bond acceptors (Lipinski definition) is 3. The molecule has 142 valence electrons. The lowest BCUT2D eigenvalue weighted by Crippen LogP contribution is -2.31.